The molecule has 10 heteroatoms. The van der Waals surface area contributed by atoms with E-state index < -0.39 is 11.9 Å². The van der Waals surface area contributed by atoms with Gasteiger partial charge in [0.2, 0.25) is 5.95 Å². The molecule has 1 aliphatic rings. The van der Waals surface area contributed by atoms with E-state index in [1.54, 1.807) is 0 Å². The van der Waals surface area contributed by atoms with E-state index in [9.17, 15) is 5.11 Å². The lowest BCUT2D eigenvalue weighted by Crippen LogP contribution is -2.42. The molecule has 166 valence electrons. The number of aliphatic hydroxyl groups excluding tert-OH is 1. The minimum atomic E-state index is -0.665. The number of nitrogens with two attached hydrogens (primary N) is 1. The fourth-order valence-corrected chi connectivity index (χ4v) is 4.07. The lowest BCUT2D eigenvalue weighted by molar-refractivity contribution is -0.0136. The van der Waals surface area contributed by atoms with Crippen molar-refractivity contribution >= 4 is 28.6 Å². The first-order valence-corrected chi connectivity index (χ1v) is 10.7. The maximum atomic E-state index is 15.0. The number of imidazole rings is 1. The van der Waals surface area contributed by atoms with Gasteiger partial charge in [0.1, 0.15) is 11.3 Å². The molecule has 1 saturated heterocycles. The van der Waals surface area contributed by atoms with E-state index in [4.69, 9.17) is 22.1 Å². The van der Waals surface area contributed by atoms with E-state index in [0.717, 1.165) is 0 Å². The molecule has 0 saturated carbocycles. The Bertz CT molecular complexity index is 1100. The van der Waals surface area contributed by atoms with Crippen LogP contribution in [0.5, 0.6) is 0 Å². The van der Waals surface area contributed by atoms with Gasteiger partial charge in [-0.3, -0.25) is 0 Å². The van der Waals surface area contributed by atoms with Gasteiger partial charge in [0, 0.05) is 18.2 Å². The van der Waals surface area contributed by atoms with Gasteiger partial charge in [0.05, 0.1) is 47.2 Å². The lowest BCUT2D eigenvalue weighted by atomic mass is 10.1. The van der Waals surface area contributed by atoms with Crippen LogP contribution in [0, 0.1) is 5.82 Å². The summed E-state index contributed by atoms with van der Waals surface area (Å²) in [4.78, 5) is 13.2. The first-order chi connectivity index (χ1) is 14.8. The lowest BCUT2D eigenvalue weighted by Gasteiger charge is -2.28. The summed E-state index contributed by atoms with van der Waals surface area (Å²) in [6.07, 6.45) is 1.42. The zero-order chi connectivity index (χ0) is 22.3. The van der Waals surface area contributed by atoms with Crippen LogP contribution in [-0.2, 0) is 4.74 Å². The Morgan fingerprint density at radius 3 is 2.77 bits per heavy atom. The number of benzene rings is 1. The van der Waals surface area contributed by atoms with Crippen LogP contribution in [0.3, 0.4) is 0 Å². The highest BCUT2D eigenvalue weighted by Crippen LogP contribution is 2.33. The summed E-state index contributed by atoms with van der Waals surface area (Å²) in [5, 5.41) is 13.5. The molecule has 0 radical (unpaired) electrons. The Morgan fingerprint density at radius 2 is 2.10 bits per heavy atom. The molecule has 3 atom stereocenters. The molecular formula is C21H26ClFN6O2. The quantitative estimate of drug-likeness (QED) is 0.548. The molecule has 3 aromatic rings. The van der Waals surface area contributed by atoms with E-state index >= 15 is 4.39 Å². The normalized spacial score (nSPS) is 20.4. The molecule has 0 spiro atoms. The molecule has 2 aromatic heterocycles. The number of nitrogens with zero attached hydrogens (tertiary/aromatic N) is 4. The third-order valence-electron chi connectivity index (χ3n) is 5.36. The van der Waals surface area contributed by atoms with Gasteiger partial charge in [-0.05, 0) is 39.3 Å². The topological polar surface area (TPSA) is 111 Å². The van der Waals surface area contributed by atoms with Crippen LogP contribution in [0.25, 0.3) is 22.3 Å². The molecule has 1 aromatic carbocycles. The van der Waals surface area contributed by atoms with Crippen molar-refractivity contribution in [3.63, 3.8) is 0 Å². The molecular weight excluding hydrogens is 423 g/mol. The number of hydrogen-bond acceptors (Lipinski definition) is 7. The van der Waals surface area contributed by atoms with Gasteiger partial charge < -0.3 is 25.5 Å². The van der Waals surface area contributed by atoms with Crippen molar-refractivity contribution in [3.8, 4) is 11.3 Å². The summed E-state index contributed by atoms with van der Waals surface area (Å²) in [5.41, 5.74) is 7.86. The predicted octanol–water partition coefficient (Wildman–Crippen LogP) is 3.45. The van der Waals surface area contributed by atoms with Crippen molar-refractivity contribution in [2.45, 2.75) is 51.4 Å². The van der Waals surface area contributed by atoms with E-state index in [-0.39, 0.29) is 30.2 Å². The summed E-state index contributed by atoms with van der Waals surface area (Å²) < 4.78 is 22.2. The van der Waals surface area contributed by atoms with Crippen molar-refractivity contribution < 1.29 is 14.2 Å². The van der Waals surface area contributed by atoms with Crippen molar-refractivity contribution in [3.05, 3.63) is 35.0 Å². The maximum absolute atomic E-state index is 15.0. The molecule has 3 heterocycles. The Labute approximate surface area is 184 Å². The van der Waals surface area contributed by atoms with E-state index in [2.05, 4.69) is 20.3 Å². The molecule has 4 rings (SSSR count). The fourth-order valence-electron chi connectivity index (χ4n) is 3.87. The third-order valence-corrected chi connectivity index (χ3v) is 5.63. The zero-order valence-corrected chi connectivity index (χ0v) is 18.4. The van der Waals surface area contributed by atoms with Crippen LogP contribution >= 0.6 is 11.6 Å². The summed E-state index contributed by atoms with van der Waals surface area (Å²) in [6.45, 7) is 6.61. The van der Waals surface area contributed by atoms with Gasteiger partial charge in [0.25, 0.3) is 0 Å². The van der Waals surface area contributed by atoms with E-state index in [1.807, 2.05) is 31.4 Å². The third kappa shape index (κ3) is 4.23. The number of fused-ring (bicyclic) bond motifs is 1. The Morgan fingerprint density at radius 1 is 1.32 bits per heavy atom. The van der Waals surface area contributed by atoms with Gasteiger partial charge in [-0.1, -0.05) is 11.6 Å². The maximum Gasteiger partial charge on any atom is 0.223 e. The van der Waals surface area contributed by atoms with Gasteiger partial charge in [-0.2, -0.15) is 0 Å². The molecule has 0 unspecified atom stereocenters. The number of anilines is 1. The second-order valence-electron chi connectivity index (χ2n) is 8.12. The highest BCUT2D eigenvalue weighted by Gasteiger charge is 2.25. The van der Waals surface area contributed by atoms with Crippen LogP contribution < -0.4 is 11.1 Å². The largest absolute Gasteiger partial charge is 0.389 e. The van der Waals surface area contributed by atoms with Gasteiger partial charge in [-0.15, -0.1) is 0 Å². The van der Waals surface area contributed by atoms with Gasteiger partial charge >= 0.3 is 0 Å². The van der Waals surface area contributed by atoms with Crippen LogP contribution in [0.4, 0.5) is 10.3 Å². The van der Waals surface area contributed by atoms with E-state index in [0.29, 0.717) is 46.6 Å². The van der Waals surface area contributed by atoms with Crippen molar-refractivity contribution in [1.29, 1.82) is 0 Å². The first kappa shape index (κ1) is 21.9. The van der Waals surface area contributed by atoms with Crippen molar-refractivity contribution in [2.75, 3.05) is 18.5 Å². The van der Waals surface area contributed by atoms with Gasteiger partial charge in [0.15, 0.2) is 5.82 Å². The second-order valence-corrected chi connectivity index (χ2v) is 8.53. The molecule has 4 N–H and O–H groups in total. The van der Waals surface area contributed by atoms with Crippen molar-refractivity contribution in [2.24, 2.45) is 5.73 Å². The number of hydrogen-bond donors (Lipinski definition) is 3. The summed E-state index contributed by atoms with van der Waals surface area (Å²) in [7, 11) is 0. The fraction of sp³-hybridized carbons (Fsp3) is 0.476. The molecule has 0 amide bonds. The van der Waals surface area contributed by atoms with Crippen LogP contribution in [0.15, 0.2) is 18.3 Å². The minimum Gasteiger partial charge on any atom is -0.389 e. The van der Waals surface area contributed by atoms with Crippen LogP contribution in [-0.4, -0.2) is 50.0 Å². The van der Waals surface area contributed by atoms with Gasteiger partial charge in [-0.25, -0.2) is 19.3 Å². The monoisotopic (exact) mass is 448 g/mol. The number of aromatic nitrogens is 4. The van der Waals surface area contributed by atoms with Crippen LogP contribution in [0.2, 0.25) is 5.02 Å². The standard InChI is InChI=1S/C21H26ClFN6O2/c1-10(2)29-16-7-12(6-14(23)19(16)27-20(29)11(3)24)18-13(22)8-25-21(28-18)26-15-4-5-31-9-17(15)30/h6-8,10-11,15,17,30H,4-5,9,24H2,1-3H3,(H,25,26,28)/t11-,15+,17+/m0/s1. The first-order valence-electron chi connectivity index (χ1n) is 10.3. The Balaban J connectivity index is 1.78. The van der Waals surface area contributed by atoms with E-state index in [1.165, 1.54) is 12.3 Å². The number of rotatable bonds is 5. The second kappa shape index (κ2) is 8.66. The molecule has 1 aliphatic heterocycles. The molecule has 31 heavy (non-hydrogen) atoms. The number of nitrogens with one attached hydrogen (secondary N) is 1. The number of halogens is 2. The average molecular weight is 449 g/mol. The minimum absolute atomic E-state index is 0.0359. The SMILES string of the molecule is CC(C)n1c([C@H](C)N)nc2c(F)cc(-c3nc(N[C@@H]4CCOC[C@H]4O)ncc3Cl)cc21. The summed E-state index contributed by atoms with van der Waals surface area (Å²) in [5.74, 6) is 0.447. The Kier molecular flexibility index (Phi) is 6.11. The molecule has 1 fully saturated rings. The van der Waals surface area contributed by atoms with Crippen LogP contribution in [0.1, 0.15) is 45.1 Å². The summed E-state index contributed by atoms with van der Waals surface area (Å²) >= 11 is 6.38. The average Bonchev–Trinajstić information content (AvgIpc) is 3.12. The molecule has 0 aliphatic carbocycles. The molecule has 0 bridgehead atoms. The predicted molar refractivity (Wildman–Crippen MR) is 118 cm³/mol. The number of aliphatic hydroxyl groups is 1. The summed E-state index contributed by atoms with van der Waals surface area (Å²) in [6, 6.07) is 2.64. The smallest absolute Gasteiger partial charge is 0.223 e. The van der Waals surface area contributed by atoms with Crippen molar-refractivity contribution in [1.82, 2.24) is 19.5 Å². The number of ether oxygens (including phenoxy) is 1. The Hall–Kier alpha value is -2.33. The highest BCUT2D eigenvalue weighted by atomic mass is 35.5. The molecule has 8 nitrogen and oxygen atoms in total. The zero-order valence-electron chi connectivity index (χ0n) is 17.6. The highest BCUT2D eigenvalue weighted by molar-refractivity contribution is 6.33.